The molecule has 0 aliphatic carbocycles. The third-order valence-corrected chi connectivity index (χ3v) is 6.74. The van der Waals surface area contributed by atoms with E-state index in [2.05, 4.69) is 10.3 Å². The topological polar surface area (TPSA) is 109 Å². The molecular formula is C22H25N5O4S. The van der Waals surface area contributed by atoms with E-state index in [-0.39, 0.29) is 22.8 Å². The molecule has 0 unspecified atom stereocenters. The molecule has 2 aromatic carbocycles. The Bertz CT molecular complexity index is 1200. The maximum absolute atomic E-state index is 13.2. The Morgan fingerprint density at radius 3 is 2.41 bits per heavy atom. The van der Waals surface area contributed by atoms with Gasteiger partial charge in [0.2, 0.25) is 0 Å². The second-order valence-corrected chi connectivity index (χ2v) is 9.04. The van der Waals surface area contributed by atoms with Crippen molar-refractivity contribution < 1.29 is 13.3 Å². The minimum absolute atomic E-state index is 0.143. The van der Waals surface area contributed by atoms with Crippen LogP contribution in [0.4, 0.5) is 22.9 Å². The van der Waals surface area contributed by atoms with Crippen LogP contribution in [-0.4, -0.2) is 39.0 Å². The van der Waals surface area contributed by atoms with E-state index in [0.29, 0.717) is 12.2 Å². The zero-order chi connectivity index (χ0) is 23.3. The number of hydrogen-bond donors (Lipinski definition) is 1. The van der Waals surface area contributed by atoms with Crippen LogP contribution in [0.1, 0.15) is 12.5 Å². The summed E-state index contributed by atoms with van der Waals surface area (Å²) in [5.41, 5.74) is 1.26. The number of benzene rings is 2. The largest absolute Gasteiger partial charge is 0.375 e. The zero-order valence-corrected chi connectivity index (χ0v) is 18.9. The fraction of sp³-hybridized carbons (Fsp3) is 0.227. The van der Waals surface area contributed by atoms with Crippen LogP contribution in [0.5, 0.6) is 0 Å². The van der Waals surface area contributed by atoms with Gasteiger partial charge in [-0.1, -0.05) is 24.3 Å². The van der Waals surface area contributed by atoms with Gasteiger partial charge in [0.1, 0.15) is 11.5 Å². The first-order valence-electron chi connectivity index (χ1n) is 9.97. The molecule has 32 heavy (non-hydrogen) atoms. The monoisotopic (exact) mass is 455 g/mol. The Morgan fingerprint density at radius 2 is 1.78 bits per heavy atom. The molecule has 3 rings (SSSR count). The smallest absolute Gasteiger partial charge is 0.293 e. The van der Waals surface area contributed by atoms with Gasteiger partial charge in [-0.3, -0.25) is 14.4 Å². The highest BCUT2D eigenvalue weighted by molar-refractivity contribution is 7.92. The molecule has 10 heteroatoms. The van der Waals surface area contributed by atoms with Gasteiger partial charge < -0.3 is 10.2 Å². The molecule has 0 aliphatic heterocycles. The normalized spacial score (nSPS) is 11.1. The van der Waals surface area contributed by atoms with Crippen LogP contribution in [-0.2, 0) is 16.6 Å². The van der Waals surface area contributed by atoms with E-state index in [1.807, 2.05) is 25.1 Å². The lowest BCUT2D eigenvalue weighted by Gasteiger charge is -2.23. The molecule has 0 saturated carbocycles. The van der Waals surface area contributed by atoms with Crippen LogP contribution in [0.25, 0.3) is 0 Å². The molecule has 0 amide bonds. The molecule has 0 spiro atoms. The van der Waals surface area contributed by atoms with Crippen molar-refractivity contribution in [3.05, 3.63) is 82.5 Å². The maximum Gasteiger partial charge on any atom is 0.293 e. The van der Waals surface area contributed by atoms with Gasteiger partial charge in [0.25, 0.3) is 15.7 Å². The molecule has 3 aromatic rings. The predicted octanol–water partition coefficient (Wildman–Crippen LogP) is 3.88. The fourth-order valence-electron chi connectivity index (χ4n) is 3.35. The highest BCUT2D eigenvalue weighted by Crippen LogP contribution is 2.31. The summed E-state index contributed by atoms with van der Waals surface area (Å²) in [6.45, 7) is 2.19. The molecule has 9 nitrogen and oxygen atoms in total. The number of nitro groups is 1. The van der Waals surface area contributed by atoms with E-state index in [1.165, 1.54) is 16.4 Å². The Morgan fingerprint density at radius 1 is 1.06 bits per heavy atom. The van der Waals surface area contributed by atoms with Gasteiger partial charge in [0.05, 0.1) is 15.5 Å². The summed E-state index contributed by atoms with van der Waals surface area (Å²) in [4.78, 5) is 17.2. The second kappa shape index (κ2) is 9.65. The lowest BCUT2D eigenvalue weighted by Crippen LogP contribution is -2.30. The van der Waals surface area contributed by atoms with Crippen molar-refractivity contribution in [2.45, 2.75) is 18.4 Å². The van der Waals surface area contributed by atoms with E-state index in [4.69, 9.17) is 0 Å². The van der Waals surface area contributed by atoms with E-state index in [1.54, 1.807) is 49.5 Å². The Hall–Kier alpha value is -3.66. The summed E-state index contributed by atoms with van der Waals surface area (Å²) < 4.78 is 27.7. The van der Waals surface area contributed by atoms with Gasteiger partial charge in [0.15, 0.2) is 0 Å². The number of sulfonamides is 1. The van der Waals surface area contributed by atoms with E-state index >= 15 is 0 Å². The number of hydrogen-bond acceptors (Lipinski definition) is 7. The minimum atomic E-state index is -3.98. The number of anilines is 3. The first-order chi connectivity index (χ1) is 15.3. The van der Waals surface area contributed by atoms with Crippen molar-refractivity contribution in [1.82, 2.24) is 4.98 Å². The number of para-hydroxylation sites is 1. The average molecular weight is 456 g/mol. The molecule has 168 valence electrons. The SMILES string of the molecule is CCN(c1ccccc1)S(=O)(=O)c1ccc(NCc2cccnc2N(C)C)c([N+](=O)[O-])c1. The van der Waals surface area contributed by atoms with Gasteiger partial charge in [-0.05, 0) is 37.3 Å². The van der Waals surface area contributed by atoms with Crippen LogP contribution in [0, 0.1) is 10.1 Å². The summed E-state index contributed by atoms with van der Waals surface area (Å²) in [5.74, 6) is 0.739. The summed E-state index contributed by atoms with van der Waals surface area (Å²) in [7, 11) is -0.255. The number of nitrogens with one attached hydrogen (secondary N) is 1. The van der Waals surface area contributed by atoms with Crippen molar-refractivity contribution in [2.75, 3.05) is 35.2 Å². The summed E-state index contributed by atoms with van der Waals surface area (Å²) >= 11 is 0. The van der Waals surface area contributed by atoms with Crippen LogP contribution < -0.4 is 14.5 Å². The molecule has 1 heterocycles. The molecule has 0 radical (unpaired) electrons. The van der Waals surface area contributed by atoms with Crippen LogP contribution in [0.15, 0.2) is 71.8 Å². The summed E-state index contributed by atoms with van der Waals surface area (Å²) in [6, 6.07) is 16.2. The lowest BCUT2D eigenvalue weighted by molar-refractivity contribution is -0.384. The van der Waals surface area contributed by atoms with Crippen molar-refractivity contribution in [2.24, 2.45) is 0 Å². The standard InChI is InChI=1S/C22H25N5O4S/c1-4-26(18-10-6-5-7-11-18)32(30,31)19-12-13-20(21(15-19)27(28)29)24-16-17-9-8-14-23-22(17)25(2)3/h5-15,24H,4,16H2,1-3H3. The van der Waals surface area contributed by atoms with Gasteiger partial charge >= 0.3 is 0 Å². The number of nitro benzene ring substituents is 1. The molecule has 0 fully saturated rings. The van der Waals surface area contributed by atoms with Crippen LogP contribution >= 0.6 is 0 Å². The molecule has 1 aromatic heterocycles. The number of aromatic nitrogens is 1. The van der Waals surface area contributed by atoms with Gasteiger partial charge in [-0.15, -0.1) is 0 Å². The molecule has 0 saturated heterocycles. The van der Waals surface area contributed by atoms with Gasteiger partial charge in [0, 0.05) is 45.0 Å². The van der Waals surface area contributed by atoms with Gasteiger partial charge in [-0.2, -0.15) is 0 Å². The number of nitrogens with zero attached hydrogens (tertiary/aromatic N) is 4. The number of pyridine rings is 1. The number of rotatable bonds is 9. The van der Waals surface area contributed by atoms with Gasteiger partial charge in [-0.25, -0.2) is 13.4 Å². The molecule has 1 N–H and O–H groups in total. The van der Waals surface area contributed by atoms with E-state index < -0.39 is 14.9 Å². The Balaban J connectivity index is 1.93. The van der Waals surface area contributed by atoms with Crippen LogP contribution in [0.3, 0.4) is 0 Å². The molecule has 0 atom stereocenters. The van der Waals surface area contributed by atoms with Crippen molar-refractivity contribution >= 4 is 32.9 Å². The quantitative estimate of drug-likeness (QED) is 0.385. The van der Waals surface area contributed by atoms with Crippen molar-refractivity contribution in [1.29, 1.82) is 0 Å². The fourth-order valence-corrected chi connectivity index (χ4v) is 4.84. The van der Waals surface area contributed by atoms with Crippen molar-refractivity contribution in [3.8, 4) is 0 Å². The Kier molecular flexibility index (Phi) is 6.94. The lowest BCUT2D eigenvalue weighted by atomic mass is 10.2. The molecular weight excluding hydrogens is 430 g/mol. The predicted molar refractivity (Wildman–Crippen MR) is 126 cm³/mol. The van der Waals surface area contributed by atoms with Crippen LogP contribution in [0.2, 0.25) is 0 Å². The highest BCUT2D eigenvalue weighted by atomic mass is 32.2. The molecule has 0 aliphatic rings. The summed E-state index contributed by atoms with van der Waals surface area (Å²) in [6.07, 6.45) is 1.67. The highest BCUT2D eigenvalue weighted by Gasteiger charge is 2.27. The first kappa shape index (κ1) is 23.0. The first-order valence-corrected chi connectivity index (χ1v) is 11.4. The Labute approximate surface area is 187 Å². The maximum atomic E-state index is 13.2. The third-order valence-electron chi connectivity index (χ3n) is 4.85. The average Bonchev–Trinajstić information content (AvgIpc) is 2.78. The third kappa shape index (κ3) is 4.80. The summed E-state index contributed by atoms with van der Waals surface area (Å²) in [5, 5.41) is 14.8. The minimum Gasteiger partial charge on any atom is -0.375 e. The van der Waals surface area contributed by atoms with Crippen molar-refractivity contribution in [3.63, 3.8) is 0 Å². The van der Waals surface area contributed by atoms with E-state index in [0.717, 1.165) is 17.4 Å². The molecule has 0 bridgehead atoms. The zero-order valence-electron chi connectivity index (χ0n) is 18.1. The second-order valence-electron chi connectivity index (χ2n) is 7.18. The van der Waals surface area contributed by atoms with E-state index in [9.17, 15) is 18.5 Å².